The van der Waals surface area contributed by atoms with Crippen LogP contribution >= 0.6 is 81.6 Å². The van der Waals surface area contributed by atoms with Crippen molar-refractivity contribution in [2.24, 2.45) is 0 Å². The molecule has 3 N–H and O–H groups in total. The number of aromatic amines is 2. The van der Waals surface area contributed by atoms with E-state index in [9.17, 15) is 13.0 Å². The van der Waals surface area contributed by atoms with Crippen molar-refractivity contribution in [3.63, 3.8) is 0 Å². The van der Waals surface area contributed by atoms with Crippen LogP contribution in [0.2, 0.25) is 0 Å². The number of hydrogen-bond donors (Lipinski definition) is 3. The van der Waals surface area contributed by atoms with Crippen molar-refractivity contribution in [2.75, 3.05) is 0 Å². The van der Waals surface area contributed by atoms with Crippen molar-refractivity contribution < 1.29 is 14.1 Å². The van der Waals surface area contributed by atoms with Crippen molar-refractivity contribution in [1.29, 1.82) is 0 Å². The number of rotatable bonds is 1. The number of nitrogens with one attached hydrogen (secondary N) is 2. The van der Waals surface area contributed by atoms with E-state index in [0.717, 1.165) is 33.0 Å². The number of fused-ring (bicyclic) bond motifs is 20. The number of hydrogen-bond acceptors (Lipinski definition) is 8. The molecule has 0 amide bonds. The Balaban J connectivity index is 0.000000397. The molecular formula is C32H18Cl8N8NiO3S. The van der Waals surface area contributed by atoms with Crippen LogP contribution in [0.4, 0.5) is 0 Å². The van der Waals surface area contributed by atoms with Crippen LogP contribution in [0.15, 0.2) is 95.9 Å². The van der Waals surface area contributed by atoms with E-state index in [4.69, 9.17) is 111 Å². The number of aromatic nitrogens is 8. The summed E-state index contributed by atoms with van der Waals surface area (Å²) in [5.74, 6) is 1.60. The van der Waals surface area contributed by atoms with Gasteiger partial charge in [0.15, 0.2) is 23.3 Å². The zero-order valence-electron chi connectivity index (χ0n) is 25.9. The first-order chi connectivity index (χ1) is 24.2. The first kappa shape index (κ1) is 36.9. The molecule has 21 heteroatoms. The van der Waals surface area contributed by atoms with Crippen LogP contribution in [0.1, 0.15) is 0 Å². The van der Waals surface area contributed by atoms with Crippen LogP contribution in [0, 0.1) is 0 Å². The van der Waals surface area contributed by atoms with Crippen molar-refractivity contribution in [3.05, 3.63) is 91.0 Å². The molecule has 0 fully saturated rings. The average Bonchev–Trinajstić information content (AvgIpc) is 3.78. The van der Waals surface area contributed by atoms with Gasteiger partial charge in [0.25, 0.3) is 10.1 Å². The zero-order valence-corrected chi connectivity index (χ0v) is 33.7. The molecule has 0 spiro atoms. The van der Waals surface area contributed by atoms with Gasteiger partial charge in [0.1, 0.15) is 27.5 Å². The standard InChI is InChI=1S/C32H18N8O3S.8ClH.Ni/c41-44(42,43)23-15-7-14-22-24(23)32-39-30-21-13-6-5-12-20(21)28(37-30)35-26-17-9-2-1-8-16(17)25(33-26)34-27-18-10-3-4-11-19(18)29(36-27)38-31(22)40-32;;;;;;;;;/h1-15H,(H,41,42,43)(H2,33,34,35,36,37,38,39,40);8*1H;/q;;;;;;;;;+8/p-8. The van der Waals surface area contributed by atoms with E-state index in [2.05, 4.69) is 9.97 Å². The molecule has 9 rings (SSSR count). The summed E-state index contributed by atoms with van der Waals surface area (Å²) in [7, 11) is 35.6. The van der Waals surface area contributed by atoms with E-state index in [-0.39, 0.29) is 15.9 Å². The molecule has 0 aliphatic carbocycles. The molecule has 4 aromatic carbocycles. The Morgan fingerprint density at radius 1 is 0.453 bits per heavy atom. The molecule has 8 bridgehead atoms. The van der Waals surface area contributed by atoms with Gasteiger partial charge in [-0.1, -0.05) is 84.9 Å². The molecule has 0 saturated heterocycles. The van der Waals surface area contributed by atoms with E-state index in [1.54, 1.807) is 12.1 Å². The Morgan fingerprint density at radius 3 is 1.17 bits per heavy atom. The fourth-order valence-electron chi connectivity index (χ4n) is 5.87. The summed E-state index contributed by atoms with van der Waals surface area (Å²) in [6, 6.07) is 27.6. The van der Waals surface area contributed by atoms with Crippen molar-refractivity contribution in [3.8, 4) is 45.6 Å². The second kappa shape index (κ2) is 10.2. The second-order valence-corrected chi connectivity index (χ2v) is 58.7. The van der Waals surface area contributed by atoms with Gasteiger partial charge in [-0.3, -0.25) is 4.55 Å². The van der Waals surface area contributed by atoms with Gasteiger partial charge in [-0.25, -0.2) is 29.9 Å². The zero-order chi connectivity index (χ0) is 37.9. The predicted octanol–water partition coefficient (Wildman–Crippen LogP) is 11.6. The molecule has 2 aliphatic rings. The number of nitrogens with zero attached hydrogens (tertiary/aromatic N) is 6. The Morgan fingerprint density at radius 2 is 0.774 bits per heavy atom. The summed E-state index contributed by atoms with van der Waals surface area (Å²) in [5, 5.41) is 2.36. The van der Waals surface area contributed by atoms with E-state index in [1.165, 1.54) is 6.07 Å². The first-order valence-corrected chi connectivity index (χ1v) is 26.9. The molecule has 2 aliphatic heterocycles. The number of halogens is 8. The molecular weight excluding hydrogens is 919 g/mol. The van der Waals surface area contributed by atoms with E-state index in [1.807, 2.05) is 72.8 Å². The first-order valence-electron chi connectivity index (χ1n) is 14.6. The fraction of sp³-hybridized carbons (Fsp3) is 0. The summed E-state index contributed by atoms with van der Waals surface area (Å²) < 4.78 is 28.3. The number of H-pyrrole nitrogens is 2. The van der Waals surface area contributed by atoms with Crippen LogP contribution in [0.3, 0.4) is 0 Å². The van der Waals surface area contributed by atoms with E-state index in [0.29, 0.717) is 45.6 Å². The van der Waals surface area contributed by atoms with Gasteiger partial charge in [0.2, 0.25) is 0 Å². The molecule has 0 unspecified atom stereocenters. The summed E-state index contributed by atoms with van der Waals surface area (Å²) in [6.07, 6.45) is 0. The van der Waals surface area contributed by atoms with Gasteiger partial charge in [0.05, 0.1) is 0 Å². The van der Waals surface area contributed by atoms with Crippen molar-refractivity contribution >= 4 is 136 Å². The van der Waals surface area contributed by atoms with Gasteiger partial charge in [-0.2, -0.15) is 8.42 Å². The molecule has 0 atom stereocenters. The van der Waals surface area contributed by atoms with Crippen molar-refractivity contribution in [2.45, 2.75) is 4.90 Å². The molecule has 5 heterocycles. The molecule has 0 radical (unpaired) electrons. The number of benzene rings is 4. The molecule has 11 nitrogen and oxygen atoms in total. The van der Waals surface area contributed by atoms with Crippen LogP contribution in [-0.4, -0.2) is 52.8 Å². The van der Waals surface area contributed by atoms with Gasteiger partial charge < -0.3 is 9.97 Å². The molecule has 276 valence electrons. The topological polar surface area (TPSA) is 163 Å². The maximum absolute atomic E-state index is 12.5. The summed E-state index contributed by atoms with van der Waals surface area (Å²) in [4.78, 5) is 35.4. The Kier molecular flexibility index (Phi) is 7.12. The summed E-state index contributed by atoms with van der Waals surface area (Å²) in [6.45, 7) is 0. The summed E-state index contributed by atoms with van der Waals surface area (Å²) in [5.41, 5.74) is 4.68. The minimum atomic E-state index is -6.91. The Bertz CT molecular complexity index is 3070. The normalized spacial score (nSPS) is 15.6. The second-order valence-electron chi connectivity index (χ2n) is 11.7. The molecule has 53 heavy (non-hydrogen) atoms. The SMILES string of the molecule is O=S(=O)(O)c1cccc2c3nc4nc(nc5[nH]c(nc6nc(nc([nH]3)c12)-c1ccccc1-6)c1ccccc51)-c1ccccc1-4.[Cl][Ni]([Cl])([Cl])([Cl])([Cl])([Cl])([Cl])[Cl]. The molecule has 0 saturated carbocycles. The van der Waals surface area contributed by atoms with Crippen LogP contribution in [0.5, 0.6) is 0 Å². The Labute approximate surface area is 328 Å². The molecule has 7 aromatic rings. The van der Waals surface area contributed by atoms with Crippen LogP contribution in [-0.2, 0) is 11.3 Å². The predicted molar refractivity (Wildman–Crippen MR) is 213 cm³/mol. The third kappa shape index (κ3) is 8.31. The monoisotopic (exact) mass is 932 g/mol. The summed E-state index contributed by atoms with van der Waals surface area (Å²) >= 11 is 0. The third-order valence-corrected chi connectivity index (χ3v) is 8.72. The quantitative estimate of drug-likeness (QED) is 0.107. The average molecular weight is 937 g/mol. The molecule has 3 aromatic heterocycles. The van der Waals surface area contributed by atoms with E-state index < -0.39 is 11.3 Å². The van der Waals surface area contributed by atoms with Crippen LogP contribution in [0.25, 0.3) is 89.7 Å². The van der Waals surface area contributed by atoms with Gasteiger partial charge >= 0.3 is 82.7 Å². The van der Waals surface area contributed by atoms with Gasteiger partial charge in [-0.05, 0) is 6.07 Å². The van der Waals surface area contributed by atoms with Gasteiger partial charge in [-0.15, -0.1) is 0 Å². The van der Waals surface area contributed by atoms with Crippen LogP contribution < -0.4 is 0 Å². The minimum absolute atomic E-state index is 0.169. The van der Waals surface area contributed by atoms with Gasteiger partial charge in [0, 0.05) is 43.8 Å². The fourth-order valence-corrected chi connectivity index (χ4v) is 6.59. The Hall–Kier alpha value is -3.04. The maximum atomic E-state index is 12.5. The van der Waals surface area contributed by atoms with Crippen molar-refractivity contribution in [1.82, 2.24) is 39.9 Å². The van der Waals surface area contributed by atoms with E-state index >= 15 is 0 Å². The third-order valence-electron chi connectivity index (χ3n) is 7.82.